The van der Waals surface area contributed by atoms with Crippen molar-refractivity contribution in [1.82, 2.24) is 4.90 Å². The average molecular weight is 572 g/mol. The molecule has 0 aromatic heterocycles. The number of amides is 2. The number of aliphatic hydroxyl groups is 1. The van der Waals surface area contributed by atoms with E-state index in [0.717, 1.165) is 0 Å². The molecular weight excluding hydrogens is 544 g/mol. The number of ether oxygens (including phenoxy) is 1. The highest BCUT2D eigenvalue weighted by Gasteiger charge is 2.76. The highest BCUT2D eigenvalue weighted by molar-refractivity contribution is 9.09. The predicted molar refractivity (Wildman–Crippen MR) is 136 cm³/mol. The lowest BCUT2D eigenvalue weighted by molar-refractivity contribution is -0.154. The molecule has 34 heavy (non-hydrogen) atoms. The number of nitrogens with zero attached hydrogens (tertiary/aromatic N) is 2. The van der Waals surface area contributed by atoms with Crippen LogP contribution in [0.15, 0.2) is 36.9 Å². The fourth-order valence-corrected chi connectivity index (χ4v) is 9.34. The molecule has 4 rings (SSSR count). The second-order valence-corrected chi connectivity index (χ2v) is 12.1. The van der Waals surface area contributed by atoms with Crippen LogP contribution in [0.5, 0.6) is 0 Å². The summed E-state index contributed by atoms with van der Waals surface area (Å²) in [6, 6.07) is 5.48. The summed E-state index contributed by atoms with van der Waals surface area (Å²) in [6.45, 7) is 7.42. The van der Waals surface area contributed by atoms with Crippen molar-refractivity contribution >= 4 is 62.8 Å². The minimum atomic E-state index is -0.850. The number of anilines is 1. The Labute approximate surface area is 216 Å². The number of fused-ring (bicyclic) bond motifs is 1. The number of esters is 1. The fourth-order valence-electron chi connectivity index (χ4n) is 5.64. The summed E-state index contributed by atoms with van der Waals surface area (Å²) >= 11 is 11.3. The van der Waals surface area contributed by atoms with Gasteiger partial charge in [0, 0.05) is 27.3 Å². The number of halogens is 2. The van der Waals surface area contributed by atoms with Gasteiger partial charge in [-0.25, -0.2) is 0 Å². The van der Waals surface area contributed by atoms with Crippen LogP contribution < -0.4 is 4.90 Å². The number of hydrogen-bond donors (Lipinski definition) is 1. The van der Waals surface area contributed by atoms with Gasteiger partial charge in [-0.1, -0.05) is 33.6 Å². The number of benzene rings is 1. The van der Waals surface area contributed by atoms with E-state index in [1.165, 1.54) is 16.7 Å². The summed E-state index contributed by atoms with van der Waals surface area (Å²) in [5.41, 5.74) is 0.632. The van der Waals surface area contributed by atoms with E-state index < -0.39 is 34.6 Å². The molecule has 3 unspecified atom stereocenters. The minimum absolute atomic E-state index is 0.0426. The third-order valence-corrected chi connectivity index (χ3v) is 10.4. The second kappa shape index (κ2) is 9.84. The van der Waals surface area contributed by atoms with Crippen molar-refractivity contribution in [1.29, 1.82) is 0 Å². The van der Waals surface area contributed by atoms with Crippen LogP contribution in [0.4, 0.5) is 5.69 Å². The van der Waals surface area contributed by atoms with Crippen molar-refractivity contribution in [2.75, 3.05) is 24.7 Å². The molecule has 3 heterocycles. The van der Waals surface area contributed by atoms with Gasteiger partial charge < -0.3 is 19.6 Å². The molecule has 3 aliphatic rings. The number of alkyl halides is 1. The third kappa shape index (κ3) is 3.88. The van der Waals surface area contributed by atoms with Crippen LogP contribution >= 0.6 is 39.3 Å². The van der Waals surface area contributed by atoms with Crippen LogP contribution in [0.25, 0.3) is 0 Å². The van der Waals surface area contributed by atoms with Gasteiger partial charge in [0.25, 0.3) is 5.91 Å². The molecule has 3 aliphatic heterocycles. The van der Waals surface area contributed by atoms with E-state index >= 15 is 0 Å². The minimum Gasteiger partial charge on any atom is -0.466 e. The van der Waals surface area contributed by atoms with Crippen LogP contribution in [-0.2, 0) is 19.1 Å². The Bertz CT molecular complexity index is 994. The first-order valence-electron chi connectivity index (χ1n) is 11.3. The quantitative estimate of drug-likeness (QED) is 0.293. The molecule has 0 radical (unpaired) electrons. The van der Waals surface area contributed by atoms with Gasteiger partial charge in [0.1, 0.15) is 6.04 Å². The zero-order chi connectivity index (χ0) is 24.8. The molecular formula is C24H28BrClN2O5S. The average Bonchev–Trinajstić information content (AvgIpc) is 3.41. The van der Waals surface area contributed by atoms with Gasteiger partial charge in [0.05, 0.1) is 35.8 Å². The van der Waals surface area contributed by atoms with Crippen LogP contribution in [0.3, 0.4) is 0 Å². The monoisotopic (exact) mass is 570 g/mol. The van der Waals surface area contributed by atoms with Crippen LogP contribution in [0.2, 0.25) is 5.02 Å². The maximum absolute atomic E-state index is 14.3. The van der Waals surface area contributed by atoms with E-state index in [0.29, 0.717) is 17.1 Å². The van der Waals surface area contributed by atoms with Gasteiger partial charge in [-0.15, -0.1) is 18.3 Å². The molecule has 0 aliphatic carbocycles. The molecule has 1 N–H and O–H groups in total. The lowest BCUT2D eigenvalue weighted by Gasteiger charge is -2.39. The number of rotatable bonds is 8. The fraction of sp³-hybridized carbons (Fsp3) is 0.542. The Kier molecular flexibility index (Phi) is 7.39. The summed E-state index contributed by atoms with van der Waals surface area (Å²) in [5.74, 6) is -2.29. The third-order valence-electron chi connectivity index (χ3n) is 6.97. The van der Waals surface area contributed by atoms with Crippen molar-refractivity contribution in [3.63, 3.8) is 0 Å². The highest BCUT2D eigenvalue weighted by Crippen LogP contribution is 2.68. The molecule has 0 saturated carbocycles. The molecule has 10 heteroatoms. The van der Waals surface area contributed by atoms with Crippen molar-refractivity contribution in [3.8, 4) is 0 Å². The number of carbonyl (C=O) groups excluding carboxylic acids is 3. The predicted octanol–water partition coefficient (Wildman–Crippen LogP) is 3.27. The number of hydrogen-bond acceptors (Lipinski definition) is 6. The highest BCUT2D eigenvalue weighted by atomic mass is 79.9. The molecule has 7 nitrogen and oxygen atoms in total. The van der Waals surface area contributed by atoms with Gasteiger partial charge in [-0.05, 0) is 44.5 Å². The van der Waals surface area contributed by atoms with Gasteiger partial charge in [0.15, 0.2) is 0 Å². The normalized spacial score (nSPS) is 32.4. The number of thioether (sulfide) groups is 1. The zero-order valence-corrected chi connectivity index (χ0v) is 22.2. The van der Waals surface area contributed by atoms with Gasteiger partial charge >= 0.3 is 5.97 Å². The van der Waals surface area contributed by atoms with Gasteiger partial charge in [-0.2, -0.15) is 0 Å². The Morgan fingerprint density at radius 2 is 2.12 bits per heavy atom. The first kappa shape index (κ1) is 25.5. The molecule has 3 saturated heterocycles. The summed E-state index contributed by atoms with van der Waals surface area (Å²) in [5, 5.41) is 10.4. The molecule has 2 amide bonds. The molecule has 3 fully saturated rings. The van der Waals surface area contributed by atoms with E-state index in [9.17, 15) is 19.5 Å². The second-order valence-electron chi connectivity index (χ2n) is 8.91. The zero-order valence-electron chi connectivity index (χ0n) is 19.0. The van der Waals surface area contributed by atoms with Crippen LogP contribution in [0.1, 0.15) is 20.3 Å². The number of likely N-dealkylation sites (tertiary alicyclic amines) is 1. The SMILES string of the molecule is C=CCN(C(=O)C1N([C@H](C)CO)C(=O)[C@@H]2[C@@H](C(=O)OCC)[C@@H]3SC12CC3Br)c1ccc(Cl)cc1. The van der Waals surface area contributed by atoms with Crippen molar-refractivity contribution in [3.05, 3.63) is 41.9 Å². The maximum atomic E-state index is 14.3. The summed E-state index contributed by atoms with van der Waals surface area (Å²) < 4.78 is 4.54. The first-order valence-corrected chi connectivity index (χ1v) is 13.5. The van der Waals surface area contributed by atoms with Gasteiger partial charge in [0.2, 0.25) is 5.91 Å². The summed E-state index contributed by atoms with van der Waals surface area (Å²) in [4.78, 5) is 44.1. The van der Waals surface area contributed by atoms with E-state index in [1.54, 1.807) is 49.1 Å². The van der Waals surface area contributed by atoms with E-state index in [-0.39, 0.29) is 41.6 Å². The lowest BCUT2D eigenvalue weighted by atomic mass is 9.71. The summed E-state index contributed by atoms with van der Waals surface area (Å²) in [6.07, 6.45) is 2.19. The molecule has 1 aromatic carbocycles. The van der Waals surface area contributed by atoms with E-state index in [2.05, 4.69) is 22.5 Å². The Balaban J connectivity index is 1.81. The maximum Gasteiger partial charge on any atom is 0.310 e. The van der Waals surface area contributed by atoms with E-state index in [1.807, 2.05) is 0 Å². The number of carbonyl (C=O) groups is 3. The first-order chi connectivity index (χ1) is 16.2. The summed E-state index contributed by atoms with van der Waals surface area (Å²) in [7, 11) is 0. The van der Waals surface area contributed by atoms with Crippen LogP contribution in [0, 0.1) is 11.8 Å². The van der Waals surface area contributed by atoms with Crippen molar-refractivity contribution < 1.29 is 24.2 Å². The number of aliphatic hydroxyl groups excluding tert-OH is 1. The lowest BCUT2D eigenvalue weighted by Crippen LogP contribution is -2.57. The van der Waals surface area contributed by atoms with Gasteiger partial charge in [-0.3, -0.25) is 14.4 Å². The molecule has 1 aromatic rings. The topological polar surface area (TPSA) is 87.2 Å². The molecule has 7 atom stereocenters. The van der Waals surface area contributed by atoms with Crippen molar-refractivity contribution in [2.45, 2.75) is 47.2 Å². The van der Waals surface area contributed by atoms with Crippen molar-refractivity contribution in [2.24, 2.45) is 11.8 Å². The Morgan fingerprint density at radius 3 is 2.71 bits per heavy atom. The Hall–Kier alpha value is -1.55. The largest absolute Gasteiger partial charge is 0.466 e. The van der Waals surface area contributed by atoms with E-state index in [4.69, 9.17) is 16.3 Å². The molecule has 184 valence electrons. The smallest absolute Gasteiger partial charge is 0.310 e. The van der Waals surface area contributed by atoms with Crippen LogP contribution in [-0.4, -0.2) is 74.5 Å². The molecule has 1 spiro atoms. The standard InChI is InChI=1S/C24H28BrClN2O5S/c1-4-10-27(15-8-6-14(26)7-9-15)22(31)20-24-11-16(25)19(34-24)17(23(32)33-5-2)18(24)21(30)28(20)13(3)12-29/h4,6-9,13,16-20,29H,1,5,10-12H2,2-3H3/t13-,16?,17-,18+,19-,20?,24?/m1/s1. The molecule has 2 bridgehead atoms. The Morgan fingerprint density at radius 1 is 1.44 bits per heavy atom.